The SMILES string of the molecule is CC(C)CN(Cc1ccccc1-c1ccccc1)C1CC(CNC(=O)/C=C/c2ccc(/C=C3\SC(=O)NC3=O)cc2)N(C(=O)c2ccccc2C(=O)c2ccc(F)cc2F)C1. The highest BCUT2D eigenvalue weighted by Gasteiger charge is 2.40. The van der Waals surface area contributed by atoms with E-state index >= 15 is 0 Å². The zero-order valence-corrected chi connectivity index (χ0v) is 34.5. The zero-order valence-electron chi connectivity index (χ0n) is 33.6. The average Bonchev–Trinajstić information content (AvgIpc) is 3.83. The van der Waals surface area contributed by atoms with Gasteiger partial charge in [0.2, 0.25) is 5.91 Å². The number of thioether (sulfide) groups is 1. The molecule has 2 aliphatic heterocycles. The molecule has 310 valence electrons. The van der Waals surface area contributed by atoms with Crippen molar-refractivity contribution in [2.24, 2.45) is 5.92 Å². The van der Waals surface area contributed by atoms with E-state index < -0.39 is 40.5 Å². The summed E-state index contributed by atoms with van der Waals surface area (Å²) in [6.07, 6.45) is 5.20. The molecule has 4 amide bonds. The van der Waals surface area contributed by atoms with Gasteiger partial charge in [-0.1, -0.05) is 111 Å². The number of hydrogen-bond acceptors (Lipinski definition) is 7. The van der Waals surface area contributed by atoms with E-state index in [0.717, 1.165) is 58.3 Å². The number of amides is 4. The summed E-state index contributed by atoms with van der Waals surface area (Å²) < 4.78 is 28.7. The van der Waals surface area contributed by atoms with Crippen molar-refractivity contribution in [1.82, 2.24) is 20.4 Å². The molecule has 5 aromatic rings. The zero-order chi connectivity index (χ0) is 43.0. The van der Waals surface area contributed by atoms with Gasteiger partial charge in [0.1, 0.15) is 11.6 Å². The van der Waals surface area contributed by atoms with Crippen LogP contribution < -0.4 is 10.6 Å². The molecule has 2 aliphatic rings. The van der Waals surface area contributed by atoms with Crippen LogP contribution in [0.15, 0.2) is 132 Å². The van der Waals surface area contributed by atoms with E-state index in [2.05, 4.69) is 53.6 Å². The summed E-state index contributed by atoms with van der Waals surface area (Å²) in [6.45, 7) is 6.06. The molecule has 0 radical (unpaired) electrons. The van der Waals surface area contributed by atoms with Crippen LogP contribution in [0, 0.1) is 17.6 Å². The highest BCUT2D eigenvalue weighted by molar-refractivity contribution is 8.18. The van der Waals surface area contributed by atoms with Crippen LogP contribution in [-0.2, 0) is 16.1 Å². The number of nitrogens with zero attached hydrogens (tertiary/aromatic N) is 2. The van der Waals surface area contributed by atoms with E-state index in [0.29, 0.717) is 30.5 Å². The fraction of sp³-hybridized carbons (Fsp3) is 0.204. The summed E-state index contributed by atoms with van der Waals surface area (Å²) in [4.78, 5) is 69.6. The third-order valence-electron chi connectivity index (χ3n) is 10.6. The maximum absolute atomic E-state index is 14.9. The number of imide groups is 1. The Morgan fingerprint density at radius 1 is 0.852 bits per heavy atom. The quantitative estimate of drug-likeness (QED) is 0.0849. The molecule has 2 atom stereocenters. The summed E-state index contributed by atoms with van der Waals surface area (Å²) in [5.41, 5.74) is 4.52. The molecule has 61 heavy (non-hydrogen) atoms. The molecule has 2 fully saturated rings. The Morgan fingerprint density at radius 2 is 1.54 bits per heavy atom. The van der Waals surface area contributed by atoms with E-state index in [-0.39, 0.29) is 41.1 Å². The lowest BCUT2D eigenvalue weighted by Crippen LogP contribution is -2.44. The maximum atomic E-state index is 14.9. The molecule has 9 nitrogen and oxygen atoms in total. The lowest BCUT2D eigenvalue weighted by atomic mass is 9.97. The number of nitrogens with one attached hydrogen (secondary N) is 2. The molecule has 0 aromatic heterocycles. The van der Waals surface area contributed by atoms with E-state index in [4.69, 9.17) is 0 Å². The van der Waals surface area contributed by atoms with E-state index in [1.54, 1.807) is 53.5 Å². The minimum atomic E-state index is -1.02. The van der Waals surface area contributed by atoms with Crippen LogP contribution in [0.5, 0.6) is 0 Å². The van der Waals surface area contributed by atoms with Crippen molar-refractivity contribution in [2.75, 3.05) is 19.6 Å². The van der Waals surface area contributed by atoms with Crippen molar-refractivity contribution in [3.63, 3.8) is 0 Å². The molecule has 2 N–H and O–H groups in total. The van der Waals surface area contributed by atoms with Gasteiger partial charge in [0.25, 0.3) is 17.1 Å². The second-order valence-electron chi connectivity index (χ2n) is 15.4. The number of benzene rings is 5. The molecular formula is C49H44F2N4O5S. The Kier molecular flexibility index (Phi) is 13.5. The average molecular weight is 839 g/mol. The van der Waals surface area contributed by atoms with Crippen LogP contribution in [0.3, 0.4) is 0 Å². The van der Waals surface area contributed by atoms with Gasteiger partial charge in [-0.2, -0.15) is 0 Å². The van der Waals surface area contributed by atoms with Crippen molar-refractivity contribution in [1.29, 1.82) is 0 Å². The van der Waals surface area contributed by atoms with Crippen molar-refractivity contribution in [3.8, 4) is 11.1 Å². The van der Waals surface area contributed by atoms with Crippen molar-refractivity contribution in [3.05, 3.63) is 177 Å². The number of rotatable bonds is 14. The van der Waals surface area contributed by atoms with Gasteiger partial charge in [0.05, 0.1) is 22.1 Å². The monoisotopic (exact) mass is 838 g/mol. The molecule has 0 bridgehead atoms. The molecule has 12 heteroatoms. The smallest absolute Gasteiger partial charge is 0.290 e. The minimum Gasteiger partial charge on any atom is -0.350 e. The van der Waals surface area contributed by atoms with Gasteiger partial charge >= 0.3 is 0 Å². The van der Waals surface area contributed by atoms with Gasteiger partial charge in [-0.15, -0.1) is 0 Å². The highest BCUT2D eigenvalue weighted by atomic mass is 32.2. The predicted molar refractivity (Wildman–Crippen MR) is 234 cm³/mol. The molecule has 2 unspecified atom stereocenters. The summed E-state index contributed by atoms with van der Waals surface area (Å²) in [7, 11) is 0. The topological polar surface area (TPSA) is 116 Å². The first-order chi connectivity index (χ1) is 29.4. The molecule has 7 rings (SSSR count). The third kappa shape index (κ3) is 10.5. The number of likely N-dealkylation sites (tertiary alicyclic amines) is 1. The number of ketones is 1. The largest absolute Gasteiger partial charge is 0.350 e. The van der Waals surface area contributed by atoms with E-state index in [1.165, 1.54) is 18.2 Å². The molecule has 2 heterocycles. The molecule has 2 saturated heterocycles. The second-order valence-corrected chi connectivity index (χ2v) is 16.5. The Bertz CT molecular complexity index is 2520. The van der Waals surface area contributed by atoms with Crippen LogP contribution in [-0.4, -0.2) is 70.3 Å². The van der Waals surface area contributed by atoms with E-state index in [1.807, 2.05) is 30.3 Å². The molecule has 0 saturated carbocycles. The van der Waals surface area contributed by atoms with E-state index in [9.17, 15) is 32.8 Å². The first-order valence-corrected chi connectivity index (χ1v) is 20.8. The first-order valence-electron chi connectivity index (χ1n) is 20.0. The molecule has 0 spiro atoms. The summed E-state index contributed by atoms with van der Waals surface area (Å²) >= 11 is 0.836. The minimum absolute atomic E-state index is 0.0102. The predicted octanol–water partition coefficient (Wildman–Crippen LogP) is 8.76. The fourth-order valence-electron chi connectivity index (χ4n) is 7.75. The normalized spacial score (nSPS) is 17.1. The lowest BCUT2D eigenvalue weighted by molar-refractivity contribution is -0.117. The Morgan fingerprint density at radius 3 is 2.25 bits per heavy atom. The van der Waals surface area contributed by atoms with Crippen LogP contribution in [0.2, 0.25) is 0 Å². The summed E-state index contributed by atoms with van der Waals surface area (Å²) in [5, 5.41) is 4.79. The summed E-state index contributed by atoms with van der Waals surface area (Å²) in [6, 6.07) is 33.9. The molecular weight excluding hydrogens is 795 g/mol. The van der Waals surface area contributed by atoms with Crippen molar-refractivity contribution in [2.45, 2.75) is 38.9 Å². The molecule has 0 aliphatic carbocycles. The standard InChI is InChI=1S/C49H44F2N4O5S/c1-31(2)28-54(29-35-12-6-7-13-39(35)34-10-4-3-5-11-34)38-26-37(27-52-45(56)23-20-32-16-18-33(19-17-32)24-44-47(58)53-49(60)61-44)55(30-38)48(59)41-15-9-8-14-40(41)46(57)42-22-21-36(50)25-43(42)51/h3-25,31,37-38H,26-30H2,1-2H3,(H,52,56)(H,53,58,60)/b23-20+,44-24-. The Balaban J connectivity index is 1.13. The van der Waals surface area contributed by atoms with Crippen LogP contribution >= 0.6 is 11.8 Å². The van der Waals surface area contributed by atoms with Gasteiger partial charge in [-0.05, 0) is 82.3 Å². The van der Waals surface area contributed by atoms with Crippen molar-refractivity contribution >= 4 is 52.7 Å². The number of hydrogen-bond donors (Lipinski definition) is 2. The van der Waals surface area contributed by atoms with Crippen LogP contribution in [0.25, 0.3) is 23.3 Å². The lowest BCUT2D eigenvalue weighted by Gasteiger charge is -2.31. The number of carbonyl (C=O) groups excluding carboxylic acids is 5. The first kappa shape index (κ1) is 42.6. The van der Waals surface area contributed by atoms with Crippen LogP contribution in [0.4, 0.5) is 13.6 Å². The maximum Gasteiger partial charge on any atom is 0.290 e. The Labute approximate surface area is 357 Å². The second kappa shape index (κ2) is 19.3. The van der Waals surface area contributed by atoms with Crippen LogP contribution in [0.1, 0.15) is 63.2 Å². The number of halogens is 2. The highest BCUT2D eigenvalue weighted by Crippen LogP contribution is 2.31. The van der Waals surface area contributed by atoms with Gasteiger partial charge in [-0.3, -0.25) is 34.2 Å². The summed E-state index contributed by atoms with van der Waals surface area (Å²) in [5.74, 6) is -3.55. The van der Waals surface area contributed by atoms with Gasteiger partial charge in [0, 0.05) is 49.9 Å². The Hall–Kier alpha value is -6.50. The fourth-order valence-corrected chi connectivity index (χ4v) is 8.44. The number of carbonyl (C=O) groups is 5. The van der Waals surface area contributed by atoms with Crippen molar-refractivity contribution < 1.29 is 32.8 Å². The third-order valence-corrected chi connectivity index (χ3v) is 11.4. The van der Waals surface area contributed by atoms with Gasteiger partial charge in [0.15, 0.2) is 5.78 Å². The van der Waals surface area contributed by atoms with Gasteiger partial charge in [-0.25, -0.2) is 8.78 Å². The van der Waals surface area contributed by atoms with Gasteiger partial charge < -0.3 is 10.2 Å². The molecule has 5 aromatic carbocycles.